The van der Waals surface area contributed by atoms with Gasteiger partial charge in [-0.3, -0.25) is 0 Å². The van der Waals surface area contributed by atoms with Gasteiger partial charge in [0.05, 0.1) is 6.61 Å². The Hall–Kier alpha value is -1.19. The summed E-state index contributed by atoms with van der Waals surface area (Å²) in [7, 11) is 0. The highest BCUT2D eigenvalue weighted by Gasteiger charge is 2.03. The van der Waals surface area contributed by atoms with Crippen LogP contribution in [-0.4, -0.2) is 16.8 Å². The molecule has 76 valence electrons. The first-order valence-electron chi connectivity index (χ1n) is 4.45. The van der Waals surface area contributed by atoms with E-state index in [0.29, 0.717) is 12.0 Å². The molecule has 0 aromatic heterocycles. The average molecular weight is 196 g/mol. The molecule has 14 heavy (non-hydrogen) atoms. The third-order valence-corrected chi connectivity index (χ3v) is 1.87. The monoisotopic (exact) mass is 196 g/mol. The Morgan fingerprint density at radius 1 is 1.29 bits per heavy atom. The minimum Gasteiger partial charge on any atom is -0.396 e. The van der Waals surface area contributed by atoms with E-state index in [2.05, 4.69) is 0 Å². The van der Waals surface area contributed by atoms with E-state index in [1.165, 1.54) is 0 Å². The maximum absolute atomic E-state index is 13.4. The Morgan fingerprint density at radius 3 is 2.71 bits per heavy atom. The molecule has 1 aromatic carbocycles. The standard InChI is InChI=1S/C11H13FO2/c12-11-9(4-1-2-7-13)5-3-6-10(11)8-14/h1,3-6,13-14H,2,7-8H2. The summed E-state index contributed by atoms with van der Waals surface area (Å²) in [4.78, 5) is 0. The van der Waals surface area contributed by atoms with Crippen LogP contribution in [0, 0.1) is 5.82 Å². The van der Waals surface area contributed by atoms with Gasteiger partial charge in [-0.2, -0.15) is 0 Å². The summed E-state index contributed by atoms with van der Waals surface area (Å²) in [6.07, 6.45) is 3.80. The van der Waals surface area contributed by atoms with Gasteiger partial charge in [-0.1, -0.05) is 30.4 Å². The normalized spacial score (nSPS) is 11.1. The summed E-state index contributed by atoms with van der Waals surface area (Å²) in [5, 5.41) is 17.3. The lowest BCUT2D eigenvalue weighted by molar-refractivity contribution is 0.275. The second kappa shape index (κ2) is 5.52. The van der Waals surface area contributed by atoms with Crippen LogP contribution in [0.5, 0.6) is 0 Å². The number of rotatable bonds is 4. The molecule has 0 spiro atoms. The molecular weight excluding hydrogens is 183 g/mol. The largest absolute Gasteiger partial charge is 0.396 e. The van der Waals surface area contributed by atoms with E-state index in [1.807, 2.05) is 0 Å². The zero-order chi connectivity index (χ0) is 10.4. The van der Waals surface area contributed by atoms with Gasteiger partial charge in [-0.15, -0.1) is 0 Å². The lowest BCUT2D eigenvalue weighted by Gasteiger charge is -2.01. The molecular formula is C11H13FO2. The molecule has 0 atom stereocenters. The lowest BCUT2D eigenvalue weighted by atomic mass is 10.1. The zero-order valence-electron chi connectivity index (χ0n) is 7.78. The smallest absolute Gasteiger partial charge is 0.135 e. The second-order valence-corrected chi connectivity index (χ2v) is 2.89. The maximum atomic E-state index is 13.4. The number of hydrogen-bond acceptors (Lipinski definition) is 2. The predicted molar refractivity (Wildman–Crippen MR) is 53.1 cm³/mol. The minimum absolute atomic E-state index is 0.0534. The highest BCUT2D eigenvalue weighted by molar-refractivity contribution is 5.51. The summed E-state index contributed by atoms with van der Waals surface area (Å²) in [6.45, 7) is -0.245. The van der Waals surface area contributed by atoms with Gasteiger partial charge in [0, 0.05) is 17.7 Å². The third kappa shape index (κ3) is 2.65. The lowest BCUT2D eigenvalue weighted by Crippen LogP contribution is -1.92. The van der Waals surface area contributed by atoms with Gasteiger partial charge in [0.25, 0.3) is 0 Å². The van der Waals surface area contributed by atoms with E-state index in [4.69, 9.17) is 10.2 Å². The van der Waals surface area contributed by atoms with Crippen LogP contribution < -0.4 is 0 Å². The molecule has 0 aliphatic rings. The SMILES string of the molecule is OCCC=Cc1cccc(CO)c1F. The first kappa shape index (κ1) is 10.9. The van der Waals surface area contributed by atoms with E-state index in [1.54, 1.807) is 30.4 Å². The van der Waals surface area contributed by atoms with Crippen molar-refractivity contribution in [2.24, 2.45) is 0 Å². The molecule has 0 fully saturated rings. The molecule has 0 heterocycles. The molecule has 0 aliphatic carbocycles. The van der Waals surface area contributed by atoms with Crippen LogP contribution >= 0.6 is 0 Å². The van der Waals surface area contributed by atoms with Crippen molar-refractivity contribution in [3.05, 3.63) is 41.2 Å². The van der Waals surface area contributed by atoms with E-state index in [-0.39, 0.29) is 18.8 Å². The quantitative estimate of drug-likeness (QED) is 0.769. The number of aliphatic hydroxyl groups excluding tert-OH is 2. The van der Waals surface area contributed by atoms with Gasteiger partial charge in [-0.05, 0) is 6.42 Å². The number of halogens is 1. The fraction of sp³-hybridized carbons (Fsp3) is 0.273. The Kier molecular flexibility index (Phi) is 4.29. The molecule has 0 unspecified atom stereocenters. The van der Waals surface area contributed by atoms with Crippen LogP contribution in [-0.2, 0) is 6.61 Å². The van der Waals surface area contributed by atoms with Crippen molar-refractivity contribution in [1.82, 2.24) is 0 Å². The van der Waals surface area contributed by atoms with E-state index in [9.17, 15) is 4.39 Å². The zero-order valence-corrected chi connectivity index (χ0v) is 7.78. The predicted octanol–water partition coefficient (Wildman–Crippen LogP) is 1.71. The number of aliphatic hydroxyl groups is 2. The molecule has 0 amide bonds. The Balaban J connectivity index is 2.86. The molecule has 1 aromatic rings. The van der Waals surface area contributed by atoms with Crippen molar-refractivity contribution >= 4 is 6.08 Å². The average Bonchev–Trinajstić information content (AvgIpc) is 2.21. The van der Waals surface area contributed by atoms with Crippen molar-refractivity contribution in [3.8, 4) is 0 Å². The van der Waals surface area contributed by atoms with Gasteiger partial charge in [0.2, 0.25) is 0 Å². The van der Waals surface area contributed by atoms with Gasteiger partial charge in [0.15, 0.2) is 0 Å². The van der Waals surface area contributed by atoms with Gasteiger partial charge >= 0.3 is 0 Å². The molecule has 2 N–H and O–H groups in total. The van der Waals surface area contributed by atoms with E-state index in [0.717, 1.165) is 0 Å². The highest BCUT2D eigenvalue weighted by atomic mass is 19.1. The van der Waals surface area contributed by atoms with E-state index >= 15 is 0 Å². The number of hydrogen-bond donors (Lipinski definition) is 2. The fourth-order valence-electron chi connectivity index (χ4n) is 1.14. The molecule has 0 radical (unpaired) electrons. The fourth-order valence-corrected chi connectivity index (χ4v) is 1.14. The second-order valence-electron chi connectivity index (χ2n) is 2.89. The van der Waals surface area contributed by atoms with Gasteiger partial charge < -0.3 is 10.2 Å². The summed E-state index contributed by atoms with van der Waals surface area (Å²) >= 11 is 0. The first-order valence-corrected chi connectivity index (χ1v) is 4.45. The number of benzene rings is 1. The van der Waals surface area contributed by atoms with Crippen molar-refractivity contribution in [2.75, 3.05) is 6.61 Å². The summed E-state index contributed by atoms with van der Waals surface area (Å²) in [5.41, 5.74) is 0.723. The molecule has 3 heteroatoms. The van der Waals surface area contributed by atoms with Gasteiger partial charge in [0.1, 0.15) is 5.82 Å². The third-order valence-electron chi connectivity index (χ3n) is 1.87. The van der Waals surface area contributed by atoms with E-state index < -0.39 is 5.82 Å². The van der Waals surface area contributed by atoms with Crippen LogP contribution in [0.15, 0.2) is 24.3 Å². The summed E-state index contributed by atoms with van der Waals surface area (Å²) in [5.74, 6) is -0.399. The topological polar surface area (TPSA) is 40.5 Å². The summed E-state index contributed by atoms with van der Waals surface area (Å²) in [6, 6.07) is 4.86. The molecule has 0 saturated carbocycles. The van der Waals surface area contributed by atoms with Gasteiger partial charge in [-0.25, -0.2) is 4.39 Å². The van der Waals surface area contributed by atoms with Crippen molar-refractivity contribution in [3.63, 3.8) is 0 Å². The van der Waals surface area contributed by atoms with Crippen LogP contribution in [0.2, 0.25) is 0 Å². The van der Waals surface area contributed by atoms with Crippen LogP contribution in [0.3, 0.4) is 0 Å². The Bertz CT molecular complexity index is 321. The molecule has 2 nitrogen and oxygen atoms in total. The Morgan fingerprint density at radius 2 is 2.07 bits per heavy atom. The molecule has 1 rings (SSSR count). The first-order chi connectivity index (χ1) is 6.79. The van der Waals surface area contributed by atoms with Crippen molar-refractivity contribution in [1.29, 1.82) is 0 Å². The molecule has 0 saturated heterocycles. The Labute approximate surface area is 82.3 Å². The minimum atomic E-state index is -0.399. The van der Waals surface area contributed by atoms with Crippen molar-refractivity contribution < 1.29 is 14.6 Å². The molecule has 0 bridgehead atoms. The van der Waals surface area contributed by atoms with Crippen LogP contribution in [0.25, 0.3) is 6.08 Å². The molecule has 0 aliphatic heterocycles. The van der Waals surface area contributed by atoms with Crippen LogP contribution in [0.1, 0.15) is 17.5 Å². The van der Waals surface area contributed by atoms with Crippen LogP contribution in [0.4, 0.5) is 4.39 Å². The summed E-state index contributed by atoms with van der Waals surface area (Å²) < 4.78 is 13.4. The highest BCUT2D eigenvalue weighted by Crippen LogP contribution is 2.14. The maximum Gasteiger partial charge on any atom is 0.135 e. The van der Waals surface area contributed by atoms with Crippen molar-refractivity contribution in [2.45, 2.75) is 13.0 Å².